The Morgan fingerprint density at radius 3 is 2.10 bits per heavy atom. The minimum Gasteiger partial charge on any atom is -0.480 e. The lowest BCUT2D eigenvalue weighted by molar-refractivity contribution is -0.142. The monoisotopic (exact) mass is 431 g/mol. The molecule has 13 nitrogen and oxygen atoms in total. The van der Waals surface area contributed by atoms with Crippen LogP contribution in [-0.4, -0.2) is 77.2 Å². The fraction of sp³-hybridized carbons (Fsp3) is 0.706. The van der Waals surface area contributed by atoms with Crippen LogP contribution in [0.5, 0.6) is 0 Å². The number of aliphatic imine (C=N–C) groups is 1. The van der Waals surface area contributed by atoms with Crippen molar-refractivity contribution in [2.75, 3.05) is 13.1 Å². The van der Waals surface area contributed by atoms with Gasteiger partial charge in [0.25, 0.3) is 0 Å². The summed E-state index contributed by atoms with van der Waals surface area (Å²) in [7, 11) is 0. The van der Waals surface area contributed by atoms with Gasteiger partial charge >= 0.3 is 5.97 Å². The largest absolute Gasteiger partial charge is 0.480 e. The maximum Gasteiger partial charge on any atom is 0.326 e. The summed E-state index contributed by atoms with van der Waals surface area (Å²) in [6, 6.07) is -3.40. The molecule has 172 valence electrons. The normalized spacial score (nSPS) is 14.7. The van der Waals surface area contributed by atoms with Crippen LogP contribution in [0.1, 0.15) is 33.6 Å². The van der Waals surface area contributed by atoms with Crippen molar-refractivity contribution in [2.24, 2.45) is 28.1 Å². The zero-order chi connectivity index (χ0) is 23.4. The molecular formula is C17H33N7O6. The van der Waals surface area contributed by atoms with Crippen LogP contribution in [0.25, 0.3) is 0 Å². The maximum absolute atomic E-state index is 12.3. The van der Waals surface area contributed by atoms with Crippen LogP contribution in [0.3, 0.4) is 0 Å². The quantitative estimate of drug-likeness (QED) is 0.0821. The van der Waals surface area contributed by atoms with Gasteiger partial charge in [0.05, 0.1) is 18.7 Å². The van der Waals surface area contributed by atoms with Gasteiger partial charge in [0.1, 0.15) is 12.1 Å². The molecule has 0 saturated carbocycles. The van der Waals surface area contributed by atoms with Gasteiger partial charge < -0.3 is 43.4 Å². The highest BCUT2D eigenvalue weighted by molar-refractivity contribution is 5.93. The smallest absolute Gasteiger partial charge is 0.326 e. The molecule has 0 aromatic rings. The summed E-state index contributed by atoms with van der Waals surface area (Å²) < 4.78 is 0. The van der Waals surface area contributed by atoms with E-state index in [1.165, 1.54) is 6.92 Å². The third-order valence-corrected chi connectivity index (χ3v) is 4.09. The second-order valence-corrected chi connectivity index (χ2v) is 7.12. The van der Waals surface area contributed by atoms with E-state index in [4.69, 9.17) is 17.2 Å². The third kappa shape index (κ3) is 10.6. The Morgan fingerprint density at radius 2 is 1.63 bits per heavy atom. The number of hydrogen-bond acceptors (Lipinski definition) is 7. The number of carbonyl (C=O) groups excluding carboxylic acids is 3. The van der Waals surface area contributed by atoms with Gasteiger partial charge in [-0.25, -0.2) is 4.79 Å². The summed E-state index contributed by atoms with van der Waals surface area (Å²) in [5, 5.41) is 25.8. The number of hydrogen-bond donors (Lipinski definition) is 8. The standard InChI is InChI=1S/C17H33N7O6/c1-8(2)12(18)14(27)24-13(9(3)25)15(28)22-7-11(26)23-10(16(29)30)5-4-6-21-17(19)20/h8-10,12-13,25H,4-7,18H2,1-3H3,(H,22,28)(H,23,26)(H,24,27)(H,29,30)(H4,19,20,21). The van der Waals surface area contributed by atoms with Gasteiger partial charge in [-0.15, -0.1) is 0 Å². The summed E-state index contributed by atoms with van der Waals surface area (Å²) in [5.74, 6) is -3.76. The van der Waals surface area contributed by atoms with Crippen molar-refractivity contribution < 1.29 is 29.4 Å². The van der Waals surface area contributed by atoms with Crippen LogP contribution < -0.4 is 33.2 Å². The number of aliphatic carboxylic acids is 1. The second kappa shape index (κ2) is 13.3. The van der Waals surface area contributed by atoms with E-state index in [-0.39, 0.29) is 24.8 Å². The molecule has 0 fully saturated rings. The molecule has 4 atom stereocenters. The minimum atomic E-state index is -1.33. The lowest BCUT2D eigenvalue weighted by atomic mass is 10.0. The zero-order valence-electron chi connectivity index (χ0n) is 17.4. The molecule has 0 rings (SSSR count). The first-order valence-corrected chi connectivity index (χ1v) is 9.46. The summed E-state index contributed by atoms with van der Waals surface area (Å²) in [4.78, 5) is 51.3. The van der Waals surface area contributed by atoms with Crippen molar-refractivity contribution in [3.8, 4) is 0 Å². The van der Waals surface area contributed by atoms with Crippen LogP contribution in [0.15, 0.2) is 4.99 Å². The molecule has 0 aromatic heterocycles. The predicted octanol–water partition coefficient (Wildman–Crippen LogP) is -3.43. The molecule has 0 radical (unpaired) electrons. The predicted molar refractivity (Wildman–Crippen MR) is 109 cm³/mol. The second-order valence-electron chi connectivity index (χ2n) is 7.12. The topological polar surface area (TPSA) is 235 Å². The van der Waals surface area contributed by atoms with Crippen LogP contribution >= 0.6 is 0 Å². The summed E-state index contributed by atoms with van der Waals surface area (Å²) in [5.41, 5.74) is 16.1. The van der Waals surface area contributed by atoms with E-state index in [1.54, 1.807) is 13.8 Å². The Balaban J connectivity index is 4.71. The molecule has 13 heteroatoms. The Hall–Kier alpha value is -2.93. The van der Waals surface area contributed by atoms with Gasteiger partial charge in [-0.2, -0.15) is 0 Å². The molecule has 0 aliphatic rings. The molecule has 30 heavy (non-hydrogen) atoms. The molecular weight excluding hydrogens is 398 g/mol. The number of nitrogens with two attached hydrogens (primary N) is 3. The van der Waals surface area contributed by atoms with Crippen molar-refractivity contribution in [3.63, 3.8) is 0 Å². The van der Waals surface area contributed by atoms with Gasteiger partial charge in [0, 0.05) is 6.54 Å². The fourth-order valence-electron chi connectivity index (χ4n) is 2.24. The molecule has 0 bridgehead atoms. The number of carbonyl (C=O) groups is 4. The first-order chi connectivity index (χ1) is 13.9. The summed E-state index contributed by atoms with van der Waals surface area (Å²) >= 11 is 0. The Bertz CT molecular complexity index is 634. The number of carboxylic acid groups (broad SMARTS) is 1. The zero-order valence-corrected chi connectivity index (χ0v) is 17.4. The lowest BCUT2D eigenvalue weighted by Gasteiger charge is -2.24. The van der Waals surface area contributed by atoms with E-state index in [9.17, 15) is 29.4 Å². The number of nitrogens with zero attached hydrogens (tertiary/aromatic N) is 1. The summed E-state index contributed by atoms with van der Waals surface area (Å²) in [6.07, 6.45) is -0.863. The van der Waals surface area contributed by atoms with Gasteiger partial charge in [0.2, 0.25) is 17.7 Å². The first kappa shape index (κ1) is 27.1. The van der Waals surface area contributed by atoms with Crippen LogP contribution in [0.2, 0.25) is 0 Å². The molecule has 0 aliphatic carbocycles. The Kier molecular flexibility index (Phi) is 12.0. The third-order valence-electron chi connectivity index (χ3n) is 4.09. The molecule has 3 amide bonds. The van der Waals surface area contributed by atoms with Gasteiger partial charge in [0.15, 0.2) is 5.96 Å². The highest BCUT2D eigenvalue weighted by Crippen LogP contribution is 2.01. The molecule has 0 aliphatic heterocycles. The molecule has 0 heterocycles. The Labute approximate surface area is 174 Å². The van der Waals surface area contributed by atoms with Gasteiger partial charge in [-0.3, -0.25) is 19.4 Å². The van der Waals surface area contributed by atoms with Crippen molar-refractivity contribution in [3.05, 3.63) is 0 Å². The molecule has 0 spiro atoms. The van der Waals surface area contributed by atoms with Crippen molar-refractivity contribution in [1.29, 1.82) is 0 Å². The van der Waals surface area contributed by atoms with Crippen molar-refractivity contribution in [2.45, 2.75) is 57.8 Å². The number of carboxylic acids is 1. The number of amides is 3. The maximum atomic E-state index is 12.3. The first-order valence-electron chi connectivity index (χ1n) is 9.46. The van der Waals surface area contributed by atoms with Crippen molar-refractivity contribution in [1.82, 2.24) is 16.0 Å². The van der Waals surface area contributed by atoms with E-state index in [0.29, 0.717) is 6.42 Å². The van der Waals surface area contributed by atoms with Crippen molar-refractivity contribution >= 4 is 29.7 Å². The molecule has 0 aromatic carbocycles. The molecule has 11 N–H and O–H groups in total. The van der Waals surface area contributed by atoms with E-state index >= 15 is 0 Å². The minimum absolute atomic E-state index is 0.0746. The summed E-state index contributed by atoms with van der Waals surface area (Å²) in [6.45, 7) is 4.39. The fourth-order valence-corrected chi connectivity index (χ4v) is 2.24. The average molecular weight is 431 g/mol. The number of aliphatic hydroxyl groups excluding tert-OH is 1. The van der Waals surface area contributed by atoms with E-state index in [0.717, 1.165) is 0 Å². The van der Waals surface area contributed by atoms with Gasteiger partial charge in [-0.05, 0) is 25.7 Å². The highest BCUT2D eigenvalue weighted by Gasteiger charge is 2.29. The van der Waals surface area contributed by atoms with Gasteiger partial charge in [-0.1, -0.05) is 13.8 Å². The number of aliphatic hydroxyl groups is 1. The number of nitrogens with one attached hydrogen (secondary N) is 3. The number of rotatable bonds is 13. The number of guanidine groups is 1. The van der Waals surface area contributed by atoms with Crippen LogP contribution in [0.4, 0.5) is 0 Å². The SMILES string of the molecule is CC(C)C(N)C(=O)NC(C(=O)NCC(=O)NC(CCCN=C(N)N)C(=O)O)C(C)O. The van der Waals surface area contributed by atoms with Crippen LogP contribution in [0, 0.1) is 5.92 Å². The van der Waals surface area contributed by atoms with Crippen LogP contribution in [-0.2, 0) is 19.2 Å². The highest BCUT2D eigenvalue weighted by atomic mass is 16.4. The molecule has 0 saturated heterocycles. The molecule has 4 unspecified atom stereocenters. The van der Waals surface area contributed by atoms with E-state index in [1.807, 2.05) is 0 Å². The Morgan fingerprint density at radius 1 is 1.03 bits per heavy atom. The lowest BCUT2D eigenvalue weighted by Crippen LogP contribution is -2.57. The average Bonchev–Trinajstić information content (AvgIpc) is 2.64. The van der Waals surface area contributed by atoms with E-state index < -0.39 is 54.5 Å². The van der Waals surface area contributed by atoms with E-state index in [2.05, 4.69) is 20.9 Å².